The van der Waals surface area contributed by atoms with E-state index in [1.165, 1.54) is 0 Å². The topological polar surface area (TPSA) is 20.3 Å². The summed E-state index contributed by atoms with van der Waals surface area (Å²) in [5.41, 5.74) is 1.81. The minimum absolute atomic E-state index is 0.126. The molecule has 1 aromatic carbocycles. The van der Waals surface area contributed by atoms with Crippen molar-refractivity contribution in [2.45, 2.75) is 19.4 Å². The second kappa shape index (κ2) is 2.34. The van der Waals surface area contributed by atoms with Gasteiger partial charge in [-0.15, -0.1) is 0 Å². The van der Waals surface area contributed by atoms with Gasteiger partial charge >= 0.3 is 0 Å². The van der Waals surface area contributed by atoms with Gasteiger partial charge in [0.05, 0.1) is 5.54 Å². The minimum Gasteiger partial charge on any atom is -0.332 e. The van der Waals surface area contributed by atoms with Gasteiger partial charge in [0.2, 0.25) is 0 Å². The van der Waals surface area contributed by atoms with E-state index in [9.17, 15) is 4.79 Å². The van der Waals surface area contributed by atoms with Crippen LogP contribution >= 0.6 is 0 Å². The molecular weight excluding hydrogens is 162 g/mol. The number of benzene rings is 1. The molecule has 2 heteroatoms. The van der Waals surface area contributed by atoms with Gasteiger partial charge in [0, 0.05) is 12.6 Å². The Labute approximate surface area is 78.2 Å². The van der Waals surface area contributed by atoms with E-state index in [0.717, 1.165) is 11.1 Å². The molecule has 1 aliphatic heterocycles. The molecule has 2 rings (SSSR count). The summed E-state index contributed by atoms with van der Waals surface area (Å²) in [4.78, 5) is 13.5. The average molecular weight is 175 g/mol. The zero-order chi connectivity index (χ0) is 9.64. The Hall–Kier alpha value is -1.31. The second-order valence-electron chi connectivity index (χ2n) is 3.97. The molecule has 0 atom stereocenters. The Morgan fingerprint density at radius 3 is 2.46 bits per heavy atom. The number of fused-ring (bicyclic) bond motifs is 1. The summed E-state index contributed by atoms with van der Waals surface area (Å²) in [5.74, 6) is 0.126. The molecule has 0 saturated heterocycles. The Morgan fingerprint density at radius 1 is 1.23 bits per heavy atom. The van der Waals surface area contributed by atoms with Gasteiger partial charge in [-0.05, 0) is 25.5 Å². The summed E-state index contributed by atoms with van der Waals surface area (Å²) in [5, 5.41) is 0. The minimum atomic E-state index is -0.159. The van der Waals surface area contributed by atoms with Crippen molar-refractivity contribution in [1.82, 2.24) is 4.90 Å². The second-order valence-corrected chi connectivity index (χ2v) is 3.97. The number of nitrogens with zero attached hydrogens (tertiary/aromatic N) is 1. The molecule has 1 amide bonds. The third-order valence-corrected chi connectivity index (χ3v) is 2.96. The van der Waals surface area contributed by atoms with Crippen LogP contribution in [0.25, 0.3) is 0 Å². The first-order valence-corrected chi connectivity index (χ1v) is 4.43. The molecule has 0 unspecified atom stereocenters. The van der Waals surface area contributed by atoms with Crippen LogP contribution in [0, 0.1) is 0 Å². The summed E-state index contributed by atoms with van der Waals surface area (Å²) >= 11 is 0. The van der Waals surface area contributed by atoms with Crippen molar-refractivity contribution in [3.63, 3.8) is 0 Å². The summed E-state index contributed by atoms with van der Waals surface area (Å²) < 4.78 is 0. The highest BCUT2D eigenvalue weighted by molar-refractivity contribution is 5.99. The van der Waals surface area contributed by atoms with Crippen molar-refractivity contribution in [1.29, 1.82) is 0 Å². The Kier molecular flexibility index (Phi) is 1.50. The Bertz CT molecular complexity index is 368. The molecule has 0 N–H and O–H groups in total. The zero-order valence-electron chi connectivity index (χ0n) is 8.16. The predicted octanol–water partition coefficient (Wildman–Crippen LogP) is 2.01. The number of hydrogen-bond donors (Lipinski definition) is 0. The lowest BCUT2D eigenvalue weighted by Crippen LogP contribution is -2.35. The Balaban J connectivity index is 2.68. The fourth-order valence-corrected chi connectivity index (χ4v) is 1.82. The maximum Gasteiger partial charge on any atom is 0.254 e. The van der Waals surface area contributed by atoms with E-state index < -0.39 is 0 Å². The quantitative estimate of drug-likeness (QED) is 0.590. The van der Waals surface area contributed by atoms with Gasteiger partial charge in [0.1, 0.15) is 0 Å². The van der Waals surface area contributed by atoms with Crippen LogP contribution in [0.4, 0.5) is 0 Å². The molecule has 0 aliphatic carbocycles. The summed E-state index contributed by atoms with van der Waals surface area (Å²) in [6, 6.07) is 7.80. The number of carbonyl (C=O) groups is 1. The molecular formula is C11H13NO. The van der Waals surface area contributed by atoms with Gasteiger partial charge < -0.3 is 4.90 Å². The fraction of sp³-hybridized carbons (Fsp3) is 0.364. The first-order chi connectivity index (χ1) is 6.05. The number of hydrogen-bond acceptors (Lipinski definition) is 1. The molecule has 0 aromatic heterocycles. The first kappa shape index (κ1) is 8.30. The van der Waals surface area contributed by atoms with Crippen LogP contribution in [0.1, 0.15) is 29.8 Å². The van der Waals surface area contributed by atoms with Crippen molar-refractivity contribution >= 4 is 5.91 Å². The lowest BCUT2D eigenvalue weighted by atomic mass is 9.94. The van der Waals surface area contributed by atoms with Gasteiger partial charge in [0.15, 0.2) is 0 Å². The monoisotopic (exact) mass is 175 g/mol. The van der Waals surface area contributed by atoms with Crippen LogP contribution < -0.4 is 0 Å². The maximum absolute atomic E-state index is 11.7. The summed E-state index contributed by atoms with van der Waals surface area (Å²) in [7, 11) is 1.85. The lowest BCUT2D eigenvalue weighted by Gasteiger charge is -2.28. The van der Waals surface area contributed by atoms with E-state index in [-0.39, 0.29) is 11.4 Å². The van der Waals surface area contributed by atoms with Crippen LogP contribution in [-0.2, 0) is 5.54 Å². The summed E-state index contributed by atoms with van der Waals surface area (Å²) in [6.07, 6.45) is 0. The first-order valence-electron chi connectivity index (χ1n) is 4.43. The van der Waals surface area contributed by atoms with Gasteiger partial charge in [-0.3, -0.25) is 4.79 Å². The lowest BCUT2D eigenvalue weighted by molar-refractivity contribution is 0.0691. The van der Waals surface area contributed by atoms with Crippen LogP contribution in [0.15, 0.2) is 24.3 Å². The molecule has 1 aliphatic rings. The molecule has 0 spiro atoms. The van der Waals surface area contributed by atoms with E-state index in [2.05, 4.69) is 13.8 Å². The molecule has 0 bridgehead atoms. The summed E-state index contributed by atoms with van der Waals surface area (Å²) in [6.45, 7) is 4.13. The normalized spacial score (nSPS) is 19.0. The van der Waals surface area contributed by atoms with Crippen LogP contribution in [0.2, 0.25) is 0 Å². The van der Waals surface area contributed by atoms with E-state index in [0.29, 0.717) is 0 Å². The third kappa shape index (κ3) is 0.916. The van der Waals surface area contributed by atoms with Crippen molar-refractivity contribution < 1.29 is 4.79 Å². The number of carbonyl (C=O) groups excluding carboxylic acids is 1. The molecule has 0 fully saturated rings. The maximum atomic E-state index is 11.7. The van der Waals surface area contributed by atoms with E-state index >= 15 is 0 Å². The van der Waals surface area contributed by atoms with E-state index in [1.54, 1.807) is 4.90 Å². The Morgan fingerprint density at radius 2 is 1.85 bits per heavy atom. The molecule has 1 heterocycles. The predicted molar refractivity (Wildman–Crippen MR) is 51.6 cm³/mol. The fourth-order valence-electron chi connectivity index (χ4n) is 1.82. The average Bonchev–Trinajstić information content (AvgIpc) is 2.30. The number of amides is 1. The smallest absolute Gasteiger partial charge is 0.254 e. The van der Waals surface area contributed by atoms with Crippen molar-refractivity contribution in [2.75, 3.05) is 7.05 Å². The molecule has 2 nitrogen and oxygen atoms in total. The van der Waals surface area contributed by atoms with Gasteiger partial charge in [-0.25, -0.2) is 0 Å². The van der Waals surface area contributed by atoms with E-state index in [4.69, 9.17) is 0 Å². The molecule has 1 aromatic rings. The SMILES string of the molecule is CN1C(=O)c2ccccc2C1(C)C. The zero-order valence-corrected chi connectivity index (χ0v) is 8.16. The highest BCUT2D eigenvalue weighted by Crippen LogP contribution is 2.36. The largest absolute Gasteiger partial charge is 0.332 e. The van der Waals surface area contributed by atoms with Crippen LogP contribution in [0.5, 0.6) is 0 Å². The molecule has 68 valence electrons. The van der Waals surface area contributed by atoms with Crippen LogP contribution in [0.3, 0.4) is 0 Å². The van der Waals surface area contributed by atoms with E-state index in [1.807, 2.05) is 31.3 Å². The van der Waals surface area contributed by atoms with Crippen LogP contribution in [-0.4, -0.2) is 17.9 Å². The van der Waals surface area contributed by atoms with Gasteiger partial charge in [-0.2, -0.15) is 0 Å². The van der Waals surface area contributed by atoms with Crippen molar-refractivity contribution in [3.8, 4) is 0 Å². The highest BCUT2D eigenvalue weighted by Gasteiger charge is 2.39. The highest BCUT2D eigenvalue weighted by atomic mass is 16.2. The number of rotatable bonds is 0. The van der Waals surface area contributed by atoms with Crippen molar-refractivity contribution in [2.24, 2.45) is 0 Å². The molecule has 13 heavy (non-hydrogen) atoms. The standard InChI is InChI=1S/C11H13NO/c1-11(2)9-7-5-4-6-8(9)10(13)12(11)3/h4-7H,1-3H3. The van der Waals surface area contributed by atoms with Gasteiger partial charge in [-0.1, -0.05) is 18.2 Å². The van der Waals surface area contributed by atoms with Gasteiger partial charge in [0.25, 0.3) is 5.91 Å². The molecule has 0 saturated carbocycles. The van der Waals surface area contributed by atoms with Crippen molar-refractivity contribution in [3.05, 3.63) is 35.4 Å². The molecule has 0 radical (unpaired) electrons. The third-order valence-electron chi connectivity index (χ3n) is 2.96.